The van der Waals surface area contributed by atoms with Crippen LogP contribution in [0.25, 0.3) is 0 Å². The van der Waals surface area contributed by atoms with Gasteiger partial charge in [-0.3, -0.25) is 4.99 Å². The predicted octanol–water partition coefficient (Wildman–Crippen LogP) is 1.34. The highest BCUT2D eigenvalue weighted by Gasteiger charge is 2.42. The van der Waals surface area contributed by atoms with Crippen molar-refractivity contribution in [3.05, 3.63) is 23.9 Å². The third-order valence-corrected chi connectivity index (χ3v) is 4.81. The van der Waals surface area contributed by atoms with Crippen molar-refractivity contribution in [3.63, 3.8) is 0 Å². The SMILES string of the molecule is CN=C(NCc1cccc(N(C)C)n1)N1CCC2(CCOC2)C1. The Morgan fingerprint density at radius 1 is 1.43 bits per heavy atom. The van der Waals surface area contributed by atoms with E-state index < -0.39 is 0 Å². The molecule has 1 unspecified atom stereocenters. The van der Waals surface area contributed by atoms with Crippen LogP contribution in [0.4, 0.5) is 5.82 Å². The van der Waals surface area contributed by atoms with Crippen LogP contribution in [0.1, 0.15) is 18.5 Å². The van der Waals surface area contributed by atoms with Gasteiger partial charge in [0.05, 0.1) is 18.8 Å². The molecule has 0 saturated carbocycles. The number of nitrogens with one attached hydrogen (secondary N) is 1. The Bertz CT molecular complexity index is 566. The fourth-order valence-corrected chi connectivity index (χ4v) is 3.40. The predicted molar refractivity (Wildman–Crippen MR) is 92.8 cm³/mol. The molecule has 0 amide bonds. The third-order valence-electron chi connectivity index (χ3n) is 4.81. The second kappa shape index (κ2) is 6.74. The number of ether oxygens (including phenoxy) is 1. The van der Waals surface area contributed by atoms with Gasteiger partial charge in [-0.15, -0.1) is 0 Å². The standard InChI is InChI=1S/C17H27N5O/c1-18-16(22-9-7-17(12-22)8-10-23-13-17)19-11-14-5-4-6-15(20-14)21(2)3/h4-6H,7-13H2,1-3H3,(H,18,19). The van der Waals surface area contributed by atoms with E-state index in [0.717, 1.165) is 43.8 Å². The molecule has 126 valence electrons. The van der Waals surface area contributed by atoms with Crippen LogP contribution in [0, 0.1) is 5.41 Å². The van der Waals surface area contributed by atoms with Crippen LogP contribution in [-0.2, 0) is 11.3 Å². The zero-order valence-electron chi connectivity index (χ0n) is 14.4. The minimum atomic E-state index is 0.348. The number of pyridine rings is 1. The lowest BCUT2D eigenvalue weighted by Gasteiger charge is -2.25. The van der Waals surface area contributed by atoms with E-state index in [9.17, 15) is 0 Å². The molecule has 23 heavy (non-hydrogen) atoms. The largest absolute Gasteiger partial charge is 0.381 e. The summed E-state index contributed by atoms with van der Waals surface area (Å²) >= 11 is 0. The quantitative estimate of drug-likeness (QED) is 0.673. The maximum Gasteiger partial charge on any atom is 0.193 e. The maximum atomic E-state index is 5.61. The monoisotopic (exact) mass is 317 g/mol. The topological polar surface area (TPSA) is 53.0 Å². The Hall–Kier alpha value is -1.82. The van der Waals surface area contributed by atoms with Crippen molar-refractivity contribution in [3.8, 4) is 0 Å². The zero-order chi connectivity index (χ0) is 16.3. The van der Waals surface area contributed by atoms with Crippen LogP contribution in [0.3, 0.4) is 0 Å². The summed E-state index contributed by atoms with van der Waals surface area (Å²) in [5.74, 6) is 1.94. The molecule has 2 aliphatic heterocycles. The molecule has 1 atom stereocenters. The number of hydrogen-bond acceptors (Lipinski definition) is 4. The smallest absolute Gasteiger partial charge is 0.193 e. The summed E-state index contributed by atoms with van der Waals surface area (Å²) in [6.07, 6.45) is 2.37. The van der Waals surface area contributed by atoms with Gasteiger partial charge in [0.1, 0.15) is 5.82 Å². The Balaban J connectivity index is 1.59. The van der Waals surface area contributed by atoms with Gasteiger partial charge < -0.3 is 19.9 Å². The zero-order valence-corrected chi connectivity index (χ0v) is 14.4. The van der Waals surface area contributed by atoms with Gasteiger partial charge in [0.15, 0.2) is 5.96 Å². The van der Waals surface area contributed by atoms with E-state index in [-0.39, 0.29) is 0 Å². The van der Waals surface area contributed by atoms with E-state index in [1.54, 1.807) is 0 Å². The number of guanidine groups is 1. The van der Waals surface area contributed by atoms with Crippen LogP contribution >= 0.6 is 0 Å². The molecule has 1 spiro atoms. The van der Waals surface area contributed by atoms with Gasteiger partial charge in [-0.2, -0.15) is 0 Å². The summed E-state index contributed by atoms with van der Waals surface area (Å²) < 4.78 is 5.61. The summed E-state index contributed by atoms with van der Waals surface area (Å²) in [5.41, 5.74) is 1.37. The van der Waals surface area contributed by atoms with Gasteiger partial charge in [-0.25, -0.2) is 4.98 Å². The van der Waals surface area contributed by atoms with E-state index in [0.29, 0.717) is 12.0 Å². The number of hydrogen-bond donors (Lipinski definition) is 1. The summed E-state index contributed by atoms with van der Waals surface area (Å²) in [6, 6.07) is 6.11. The van der Waals surface area contributed by atoms with Crippen LogP contribution in [0.5, 0.6) is 0 Å². The summed E-state index contributed by atoms with van der Waals surface area (Å²) in [7, 11) is 5.86. The van der Waals surface area contributed by atoms with Crippen molar-refractivity contribution in [1.29, 1.82) is 0 Å². The molecule has 6 nitrogen and oxygen atoms in total. The minimum Gasteiger partial charge on any atom is -0.381 e. The molecule has 0 bridgehead atoms. The highest BCUT2D eigenvalue weighted by Crippen LogP contribution is 2.38. The normalized spacial score (nSPS) is 24.5. The molecule has 3 heterocycles. The van der Waals surface area contributed by atoms with Crippen molar-refractivity contribution in [2.24, 2.45) is 10.4 Å². The van der Waals surface area contributed by atoms with Crippen LogP contribution in [0.15, 0.2) is 23.2 Å². The average Bonchev–Trinajstić information content (AvgIpc) is 3.19. The van der Waals surface area contributed by atoms with Crippen LogP contribution in [0.2, 0.25) is 0 Å². The Kier molecular flexibility index (Phi) is 4.71. The first-order valence-electron chi connectivity index (χ1n) is 8.28. The molecule has 1 N–H and O–H groups in total. The lowest BCUT2D eigenvalue weighted by atomic mass is 9.87. The molecule has 2 aliphatic rings. The van der Waals surface area contributed by atoms with Crippen LogP contribution in [-0.4, -0.2) is 63.3 Å². The molecule has 1 aromatic rings. The average molecular weight is 317 g/mol. The highest BCUT2D eigenvalue weighted by molar-refractivity contribution is 5.80. The number of anilines is 1. The van der Waals surface area contributed by atoms with Gasteiger partial charge in [-0.1, -0.05) is 6.07 Å². The van der Waals surface area contributed by atoms with Gasteiger partial charge in [0.25, 0.3) is 0 Å². The van der Waals surface area contributed by atoms with Gasteiger partial charge in [0, 0.05) is 46.3 Å². The molecule has 0 aromatic carbocycles. The summed E-state index contributed by atoms with van der Waals surface area (Å²) in [5, 5.41) is 3.45. The van der Waals surface area contributed by atoms with Crippen molar-refractivity contribution >= 4 is 11.8 Å². The number of rotatable bonds is 3. The third kappa shape index (κ3) is 3.58. The van der Waals surface area contributed by atoms with Gasteiger partial charge in [-0.05, 0) is 25.0 Å². The number of aliphatic imine (C=N–C) groups is 1. The second-order valence-corrected chi connectivity index (χ2v) is 6.76. The number of likely N-dealkylation sites (tertiary alicyclic amines) is 1. The van der Waals surface area contributed by atoms with Gasteiger partial charge in [0.2, 0.25) is 0 Å². The maximum absolute atomic E-state index is 5.61. The summed E-state index contributed by atoms with van der Waals surface area (Å²) in [4.78, 5) is 13.5. The van der Waals surface area contributed by atoms with E-state index in [2.05, 4.69) is 20.2 Å². The number of nitrogens with zero attached hydrogens (tertiary/aromatic N) is 4. The lowest BCUT2D eigenvalue weighted by molar-refractivity contribution is 0.156. The summed E-state index contributed by atoms with van der Waals surface area (Å²) in [6.45, 7) is 4.58. The molecule has 3 rings (SSSR count). The Morgan fingerprint density at radius 3 is 3.00 bits per heavy atom. The van der Waals surface area contributed by atoms with Crippen molar-refractivity contribution in [2.75, 3.05) is 52.3 Å². The van der Waals surface area contributed by atoms with E-state index in [1.807, 2.05) is 44.2 Å². The van der Waals surface area contributed by atoms with Crippen molar-refractivity contribution in [1.82, 2.24) is 15.2 Å². The first-order valence-corrected chi connectivity index (χ1v) is 8.28. The molecule has 0 aliphatic carbocycles. The molecular weight excluding hydrogens is 290 g/mol. The molecular formula is C17H27N5O. The fraction of sp³-hybridized carbons (Fsp3) is 0.647. The van der Waals surface area contributed by atoms with Crippen molar-refractivity contribution in [2.45, 2.75) is 19.4 Å². The molecule has 6 heteroatoms. The molecule has 0 radical (unpaired) electrons. The van der Waals surface area contributed by atoms with Crippen molar-refractivity contribution < 1.29 is 4.74 Å². The molecule has 2 fully saturated rings. The Labute approximate surface area is 138 Å². The van der Waals surface area contributed by atoms with E-state index >= 15 is 0 Å². The first-order chi connectivity index (χ1) is 11.1. The minimum absolute atomic E-state index is 0.348. The number of aromatic nitrogens is 1. The second-order valence-electron chi connectivity index (χ2n) is 6.76. The first kappa shape index (κ1) is 16.1. The van der Waals surface area contributed by atoms with E-state index in [4.69, 9.17) is 4.74 Å². The van der Waals surface area contributed by atoms with E-state index in [1.165, 1.54) is 12.8 Å². The fourth-order valence-electron chi connectivity index (χ4n) is 3.40. The van der Waals surface area contributed by atoms with Gasteiger partial charge >= 0.3 is 0 Å². The Morgan fingerprint density at radius 2 is 2.30 bits per heavy atom. The lowest BCUT2D eigenvalue weighted by Crippen LogP contribution is -2.41. The highest BCUT2D eigenvalue weighted by atomic mass is 16.5. The van der Waals surface area contributed by atoms with Crippen LogP contribution < -0.4 is 10.2 Å². The molecule has 2 saturated heterocycles. The molecule has 1 aromatic heterocycles.